The predicted octanol–water partition coefficient (Wildman–Crippen LogP) is 2.42. The van der Waals surface area contributed by atoms with Crippen molar-refractivity contribution in [3.63, 3.8) is 0 Å². The van der Waals surface area contributed by atoms with Crippen LogP contribution in [0.4, 0.5) is 32.4 Å². The summed E-state index contributed by atoms with van der Waals surface area (Å²) in [5.74, 6) is -3.27. The summed E-state index contributed by atoms with van der Waals surface area (Å²) >= 11 is 0. The van der Waals surface area contributed by atoms with Crippen LogP contribution in [0.15, 0.2) is 24.3 Å². The zero-order valence-electron chi connectivity index (χ0n) is 10.1. The van der Waals surface area contributed by atoms with E-state index in [1.54, 1.807) is 0 Å². The third-order valence-corrected chi connectivity index (χ3v) is 2.25. The van der Waals surface area contributed by atoms with Crippen molar-refractivity contribution in [1.82, 2.24) is 5.32 Å². The normalized spacial score (nSPS) is 12.1. The first-order chi connectivity index (χ1) is 9.14. The molecule has 1 aromatic carbocycles. The Morgan fingerprint density at radius 3 is 2.40 bits per heavy atom. The predicted molar refractivity (Wildman–Crippen MR) is 62.5 cm³/mol. The lowest BCUT2D eigenvalue weighted by Gasteiger charge is -2.15. The van der Waals surface area contributed by atoms with Crippen molar-refractivity contribution in [3.05, 3.63) is 29.8 Å². The molecule has 112 valence electrons. The zero-order chi connectivity index (χ0) is 15.4. The Morgan fingerprint density at radius 2 is 1.85 bits per heavy atom. The highest BCUT2D eigenvalue weighted by molar-refractivity contribution is 5.89. The van der Waals surface area contributed by atoms with Gasteiger partial charge in [0.25, 0.3) is 5.92 Å². The molecule has 4 nitrogen and oxygen atoms in total. The number of hydrogen-bond donors (Lipinski definition) is 3. The standard InChI is InChI=1S/C11H12F5N3O/c12-10(13,5-17)6-18-9(20)19-8-3-1-2-7(4-8)11(14,15)16/h1-4H,5-6,17H2,(H2,18,19,20). The summed E-state index contributed by atoms with van der Waals surface area (Å²) in [7, 11) is 0. The fraction of sp³-hybridized carbons (Fsp3) is 0.364. The minimum Gasteiger partial charge on any atom is -0.332 e. The summed E-state index contributed by atoms with van der Waals surface area (Å²) in [6.07, 6.45) is -4.55. The Labute approximate surface area is 111 Å². The van der Waals surface area contributed by atoms with Crippen LogP contribution in [0.2, 0.25) is 0 Å². The van der Waals surface area contributed by atoms with Crippen LogP contribution in [0.5, 0.6) is 0 Å². The fourth-order valence-corrected chi connectivity index (χ4v) is 1.23. The van der Waals surface area contributed by atoms with E-state index in [0.29, 0.717) is 6.07 Å². The Bertz CT molecular complexity index is 475. The number of anilines is 1. The van der Waals surface area contributed by atoms with Gasteiger partial charge >= 0.3 is 12.2 Å². The molecule has 0 spiro atoms. The Kier molecular flexibility index (Phi) is 4.88. The van der Waals surface area contributed by atoms with Crippen LogP contribution in [0.25, 0.3) is 0 Å². The summed E-state index contributed by atoms with van der Waals surface area (Å²) in [5.41, 5.74) is 3.65. The summed E-state index contributed by atoms with van der Waals surface area (Å²) in [5, 5.41) is 3.85. The molecule has 20 heavy (non-hydrogen) atoms. The van der Waals surface area contributed by atoms with E-state index in [-0.39, 0.29) is 5.69 Å². The van der Waals surface area contributed by atoms with Crippen molar-refractivity contribution in [1.29, 1.82) is 0 Å². The van der Waals surface area contributed by atoms with Gasteiger partial charge in [-0.15, -0.1) is 0 Å². The molecular formula is C11H12F5N3O. The largest absolute Gasteiger partial charge is 0.416 e. The van der Waals surface area contributed by atoms with Crippen LogP contribution >= 0.6 is 0 Å². The average molecular weight is 297 g/mol. The van der Waals surface area contributed by atoms with E-state index in [1.807, 2.05) is 10.6 Å². The van der Waals surface area contributed by atoms with Crippen molar-refractivity contribution in [2.75, 3.05) is 18.4 Å². The van der Waals surface area contributed by atoms with E-state index < -0.39 is 36.8 Å². The van der Waals surface area contributed by atoms with Gasteiger partial charge < -0.3 is 16.4 Å². The maximum absolute atomic E-state index is 12.8. The lowest BCUT2D eigenvalue weighted by molar-refractivity contribution is -0.137. The average Bonchev–Trinajstić information content (AvgIpc) is 2.36. The van der Waals surface area contributed by atoms with Gasteiger partial charge in [0.1, 0.15) is 0 Å². The van der Waals surface area contributed by atoms with Crippen LogP contribution in [-0.4, -0.2) is 25.0 Å². The third-order valence-electron chi connectivity index (χ3n) is 2.25. The molecule has 0 aliphatic carbocycles. The van der Waals surface area contributed by atoms with Crippen LogP contribution in [0, 0.1) is 0 Å². The molecule has 4 N–H and O–H groups in total. The van der Waals surface area contributed by atoms with E-state index in [2.05, 4.69) is 0 Å². The molecule has 1 rings (SSSR count). The van der Waals surface area contributed by atoms with E-state index in [4.69, 9.17) is 5.73 Å². The first kappa shape index (κ1) is 16.2. The second-order valence-corrected chi connectivity index (χ2v) is 3.95. The molecule has 0 saturated carbocycles. The molecular weight excluding hydrogens is 285 g/mol. The molecule has 0 unspecified atom stereocenters. The number of carbonyl (C=O) groups is 1. The second-order valence-electron chi connectivity index (χ2n) is 3.95. The van der Waals surface area contributed by atoms with Gasteiger partial charge in [-0.3, -0.25) is 0 Å². The minimum atomic E-state index is -4.55. The maximum atomic E-state index is 12.8. The number of rotatable bonds is 4. The van der Waals surface area contributed by atoms with Crippen molar-refractivity contribution in [3.8, 4) is 0 Å². The monoisotopic (exact) mass is 297 g/mol. The first-order valence-corrected chi connectivity index (χ1v) is 5.44. The van der Waals surface area contributed by atoms with Crippen molar-refractivity contribution < 1.29 is 26.7 Å². The highest BCUT2D eigenvalue weighted by atomic mass is 19.4. The molecule has 0 heterocycles. The summed E-state index contributed by atoms with van der Waals surface area (Å²) in [6, 6.07) is 2.77. The van der Waals surface area contributed by atoms with Crippen LogP contribution < -0.4 is 16.4 Å². The summed E-state index contributed by atoms with van der Waals surface area (Å²) < 4.78 is 62.8. The highest BCUT2D eigenvalue weighted by Crippen LogP contribution is 2.30. The van der Waals surface area contributed by atoms with Gasteiger partial charge in [0.05, 0.1) is 18.7 Å². The minimum absolute atomic E-state index is 0.159. The van der Waals surface area contributed by atoms with E-state index in [1.165, 1.54) is 6.07 Å². The molecule has 9 heteroatoms. The molecule has 0 aliphatic heterocycles. The number of nitrogens with one attached hydrogen (secondary N) is 2. The fourth-order valence-electron chi connectivity index (χ4n) is 1.23. The van der Waals surface area contributed by atoms with Gasteiger partial charge in [0.15, 0.2) is 0 Å². The molecule has 0 bridgehead atoms. The number of alkyl halides is 5. The van der Waals surface area contributed by atoms with Gasteiger partial charge in [-0.2, -0.15) is 13.2 Å². The number of amides is 2. The zero-order valence-corrected chi connectivity index (χ0v) is 10.1. The van der Waals surface area contributed by atoms with Gasteiger partial charge in [-0.25, -0.2) is 13.6 Å². The molecule has 1 aromatic rings. The van der Waals surface area contributed by atoms with Gasteiger partial charge in [0, 0.05) is 5.69 Å². The first-order valence-electron chi connectivity index (χ1n) is 5.44. The number of halogens is 5. The number of benzene rings is 1. The van der Waals surface area contributed by atoms with Gasteiger partial charge in [-0.1, -0.05) is 6.07 Å². The lowest BCUT2D eigenvalue weighted by Crippen LogP contribution is -2.43. The van der Waals surface area contributed by atoms with E-state index >= 15 is 0 Å². The van der Waals surface area contributed by atoms with Crippen molar-refractivity contribution in [2.24, 2.45) is 5.73 Å². The third kappa shape index (κ3) is 5.00. The second kappa shape index (κ2) is 6.04. The number of nitrogens with two attached hydrogens (primary N) is 1. The molecule has 0 aromatic heterocycles. The Balaban J connectivity index is 2.63. The molecule has 0 radical (unpaired) electrons. The molecule has 2 amide bonds. The summed E-state index contributed by atoms with van der Waals surface area (Å²) in [4.78, 5) is 11.3. The highest BCUT2D eigenvalue weighted by Gasteiger charge is 2.30. The van der Waals surface area contributed by atoms with Crippen LogP contribution in [0.3, 0.4) is 0 Å². The lowest BCUT2D eigenvalue weighted by atomic mass is 10.2. The maximum Gasteiger partial charge on any atom is 0.416 e. The number of carbonyl (C=O) groups excluding carboxylic acids is 1. The number of urea groups is 1. The molecule has 0 atom stereocenters. The molecule has 0 fully saturated rings. The van der Waals surface area contributed by atoms with E-state index in [9.17, 15) is 26.7 Å². The Morgan fingerprint density at radius 1 is 1.20 bits per heavy atom. The topological polar surface area (TPSA) is 67.1 Å². The smallest absolute Gasteiger partial charge is 0.332 e. The number of hydrogen-bond acceptors (Lipinski definition) is 2. The quantitative estimate of drug-likeness (QED) is 0.747. The van der Waals surface area contributed by atoms with Crippen molar-refractivity contribution in [2.45, 2.75) is 12.1 Å². The molecule has 0 saturated heterocycles. The SMILES string of the molecule is NCC(F)(F)CNC(=O)Nc1cccc(C(F)(F)F)c1. The van der Waals surface area contributed by atoms with Gasteiger partial charge in [0.2, 0.25) is 0 Å². The summed E-state index contributed by atoms with van der Waals surface area (Å²) in [6.45, 7) is -1.95. The Hall–Kier alpha value is -1.90. The van der Waals surface area contributed by atoms with Crippen LogP contribution in [0.1, 0.15) is 5.56 Å². The van der Waals surface area contributed by atoms with E-state index in [0.717, 1.165) is 12.1 Å². The van der Waals surface area contributed by atoms with Crippen LogP contribution in [-0.2, 0) is 6.18 Å². The van der Waals surface area contributed by atoms with Gasteiger partial charge in [-0.05, 0) is 18.2 Å². The van der Waals surface area contributed by atoms with Crippen molar-refractivity contribution >= 4 is 11.7 Å². The molecule has 0 aliphatic rings.